The van der Waals surface area contributed by atoms with Gasteiger partial charge in [-0.3, -0.25) is 0 Å². The van der Waals surface area contributed by atoms with Crippen LogP contribution in [0.5, 0.6) is 0 Å². The van der Waals surface area contributed by atoms with Gasteiger partial charge in [0.05, 0.1) is 0 Å². The number of hydrogen-bond acceptors (Lipinski definition) is 1. The molecule has 0 radical (unpaired) electrons. The van der Waals surface area contributed by atoms with Gasteiger partial charge in [0.1, 0.15) is 11.8 Å². The zero-order valence-electron chi connectivity index (χ0n) is 10.7. The fourth-order valence-electron chi connectivity index (χ4n) is 2.11. The first-order valence-corrected chi connectivity index (χ1v) is 5.68. The Kier molecular flexibility index (Phi) is 2.77. The number of nitriles is 1. The summed E-state index contributed by atoms with van der Waals surface area (Å²) in [6.45, 7) is 6.25. The average molecular weight is 224 g/mol. The highest BCUT2D eigenvalue weighted by Crippen LogP contribution is 2.29. The smallest absolute Gasteiger partial charge is 0.120 e. The highest BCUT2D eigenvalue weighted by atomic mass is 15.0. The molecule has 0 fully saturated rings. The van der Waals surface area contributed by atoms with Crippen molar-refractivity contribution >= 4 is 0 Å². The summed E-state index contributed by atoms with van der Waals surface area (Å²) < 4.78 is 1.94. The molecule has 2 rings (SSSR count). The Bertz CT molecular complexity index is 613. The molecule has 17 heavy (non-hydrogen) atoms. The fraction of sp³-hybridized carbons (Fsp3) is 0.267. The lowest BCUT2D eigenvalue weighted by Gasteiger charge is -2.07. The van der Waals surface area contributed by atoms with Crippen LogP contribution in [0.15, 0.2) is 24.3 Å². The van der Waals surface area contributed by atoms with Crippen LogP contribution in [0.4, 0.5) is 0 Å². The van der Waals surface area contributed by atoms with Crippen LogP contribution in [0, 0.1) is 32.1 Å². The van der Waals surface area contributed by atoms with Crippen molar-refractivity contribution in [1.82, 2.24) is 4.57 Å². The molecule has 0 saturated heterocycles. The Hall–Kier alpha value is -2.01. The van der Waals surface area contributed by atoms with Gasteiger partial charge in [-0.2, -0.15) is 5.26 Å². The Labute approximate surface area is 102 Å². The summed E-state index contributed by atoms with van der Waals surface area (Å²) in [6, 6.07) is 10.6. The van der Waals surface area contributed by atoms with Gasteiger partial charge in [-0.1, -0.05) is 23.8 Å². The molecule has 1 aromatic carbocycles. The van der Waals surface area contributed by atoms with E-state index in [9.17, 15) is 0 Å². The van der Waals surface area contributed by atoms with Gasteiger partial charge in [0.2, 0.25) is 0 Å². The van der Waals surface area contributed by atoms with Crippen molar-refractivity contribution in [2.45, 2.75) is 20.8 Å². The summed E-state index contributed by atoms with van der Waals surface area (Å²) >= 11 is 0. The van der Waals surface area contributed by atoms with Crippen molar-refractivity contribution in [3.05, 3.63) is 46.8 Å². The van der Waals surface area contributed by atoms with Crippen molar-refractivity contribution in [1.29, 1.82) is 5.26 Å². The van der Waals surface area contributed by atoms with Crippen LogP contribution in [0.1, 0.15) is 22.5 Å². The van der Waals surface area contributed by atoms with Crippen molar-refractivity contribution in [2.75, 3.05) is 0 Å². The van der Waals surface area contributed by atoms with E-state index >= 15 is 0 Å². The topological polar surface area (TPSA) is 28.7 Å². The molecule has 0 aliphatic carbocycles. The van der Waals surface area contributed by atoms with Crippen LogP contribution in [0.2, 0.25) is 0 Å². The van der Waals surface area contributed by atoms with Crippen LogP contribution in [-0.2, 0) is 7.05 Å². The fourth-order valence-corrected chi connectivity index (χ4v) is 2.11. The zero-order valence-corrected chi connectivity index (χ0v) is 10.7. The number of benzene rings is 1. The molecule has 0 atom stereocenters. The van der Waals surface area contributed by atoms with Gasteiger partial charge in [0.15, 0.2) is 0 Å². The van der Waals surface area contributed by atoms with Crippen LogP contribution in [0.25, 0.3) is 11.1 Å². The zero-order chi connectivity index (χ0) is 12.6. The lowest BCUT2D eigenvalue weighted by Crippen LogP contribution is -1.94. The lowest BCUT2D eigenvalue weighted by atomic mass is 9.99. The van der Waals surface area contributed by atoms with Crippen LogP contribution < -0.4 is 0 Å². The van der Waals surface area contributed by atoms with Gasteiger partial charge in [-0.25, -0.2) is 0 Å². The van der Waals surface area contributed by atoms with E-state index in [2.05, 4.69) is 45.0 Å². The van der Waals surface area contributed by atoms with Crippen LogP contribution in [0.3, 0.4) is 0 Å². The number of rotatable bonds is 1. The van der Waals surface area contributed by atoms with Crippen molar-refractivity contribution in [3.8, 4) is 17.2 Å². The summed E-state index contributed by atoms with van der Waals surface area (Å²) in [6.07, 6.45) is 0. The van der Waals surface area contributed by atoms with Gasteiger partial charge >= 0.3 is 0 Å². The molecule has 0 aliphatic heterocycles. The molecule has 1 heterocycles. The van der Waals surface area contributed by atoms with E-state index in [0.29, 0.717) is 5.69 Å². The largest absolute Gasteiger partial charge is 0.339 e. The first-order chi connectivity index (χ1) is 8.04. The first-order valence-electron chi connectivity index (χ1n) is 5.68. The average Bonchev–Trinajstić information content (AvgIpc) is 2.59. The molecule has 2 aromatic rings. The number of hydrogen-bond donors (Lipinski definition) is 0. The second kappa shape index (κ2) is 4.10. The normalized spacial score (nSPS) is 10.3. The molecule has 1 aromatic heterocycles. The molecule has 0 unspecified atom stereocenters. The monoisotopic (exact) mass is 224 g/mol. The van der Waals surface area contributed by atoms with Crippen LogP contribution >= 0.6 is 0 Å². The molecule has 0 N–H and O–H groups in total. The molecular formula is C15H16N2. The van der Waals surface area contributed by atoms with E-state index < -0.39 is 0 Å². The number of nitrogens with zero attached hydrogens (tertiary/aromatic N) is 2. The summed E-state index contributed by atoms with van der Waals surface area (Å²) in [7, 11) is 1.93. The molecule has 2 heteroatoms. The molecule has 0 bridgehead atoms. The quantitative estimate of drug-likeness (QED) is 0.729. The van der Waals surface area contributed by atoms with Crippen molar-refractivity contribution in [3.63, 3.8) is 0 Å². The predicted octanol–water partition coefficient (Wildman–Crippen LogP) is 3.49. The van der Waals surface area contributed by atoms with Gasteiger partial charge in [0, 0.05) is 18.3 Å². The van der Waals surface area contributed by atoms with E-state index in [-0.39, 0.29) is 0 Å². The minimum Gasteiger partial charge on any atom is -0.339 e. The Morgan fingerprint density at radius 2 is 1.76 bits per heavy atom. The highest BCUT2D eigenvalue weighted by molar-refractivity contribution is 5.72. The predicted molar refractivity (Wildman–Crippen MR) is 69.8 cm³/mol. The first kappa shape index (κ1) is 11.5. The summed E-state index contributed by atoms with van der Waals surface area (Å²) in [4.78, 5) is 0. The van der Waals surface area contributed by atoms with E-state index in [4.69, 9.17) is 5.26 Å². The van der Waals surface area contributed by atoms with Gasteiger partial charge < -0.3 is 4.57 Å². The SMILES string of the molecule is Cc1ccc(C)c(-c2cc(C#N)n(C)c2C)c1. The van der Waals surface area contributed by atoms with Gasteiger partial charge in [-0.15, -0.1) is 0 Å². The Morgan fingerprint density at radius 1 is 1.06 bits per heavy atom. The maximum absolute atomic E-state index is 9.06. The van der Waals surface area contributed by atoms with Gasteiger partial charge in [0.25, 0.3) is 0 Å². The standard InChI is InChI=1S/C15H16N2/c1-10-5-6-11(2)14(7-10)15-8-13(9-16)17(4)12(15)3/h5-8H,1-4H3. The van der Waals surface area contributed by atoms with Crippen molar-refractivity contribution < 1.29 is 0 Å². The Morgan fingerprint density at radius 3 is 2.35 bits per heavy atom. The molecule has 0 aliphatic rings. The summed E-state index contributed by atoms with van der Waals surface area (Å²) in [5, 5.41) is 9.06. The summed E-state index contributed by atoms with van der Waals surface area (Å²) in [5.74, 6) is 0. The minimum atomic E-state index is 0.707. The maximum Gasteiger partial charge on any atom is 0.120 e. The molecule has 0 saturated carbocycles. The summed E-state index contributed by atoms with van der Waals surface area (Å²) in [5.41, 5.74) is 6.71. The van der Waals surface area contributed by atoms with E-state index in [1.807, 2.05) is 17.7 Å². The minimum absolute atomic E-state index is 0.707. The van der Waals surface area contributed by atoms with E-state index in [1.54, 1.807) is 0 Å². The maximum atomic E-state index is 9.06. The highest BCUT2D eigenvalue weighted by Gasteiger charge is 2.12. The lowest BCUT2D eigenvalue weighted by molar-refractivity contribution is 0.867. The molecule has 0 amide bonds. The van der Waals surface area contributed by atoms with Crippen molar-refractivity contribution in [2.24, 2.45) is 7.05 Å². The van der Waals surface area contributed by atoms with Crippen LogP contribution in [-0.4, -0.2) is 4.57 Å². The number of aryl methyl sites for hydroxylation is 2. The second-order valence-electron chi connectivity index (χ2n) is 4.52. The third-order valence-electron chi connectivity index (χ3n) is 3.33. The van der Waals surface area contributed by atoms with E-state index in [0.717, 1.165) is 11.3 Å². The molecule has 0 spiro atoms. The van der Waals surface area contributed by atoms with E-state index in [1.165, 1.54) is 16.7 Å². The third-order valence-corrected chi connectivity index (χ3v) is 3.33. The molecule has 2 nitrogen and oxygen atoms in total. The number of aromatic nitrogens is 1. The second-order valence-corrected chi connectivity index (χ2v) is 4.52. The molecular weight excluding hydrogens is 208 g/mol. The third kappa shape index (κ3) is 1.85. The van der Waals surface area contributed by atoms with Gasteiger partial charge in [-0.05, 0) is 38.0 Å². The molecule has 86 valence electrons. The Balaban J connectivity index is 2.69.